The first-order valence-corrected chi connectivity index (χ1v) is 7.78. The molecule has 1 aromatic heterocycles. The van der Waals surface area contributed by atoms with Gasteiger partial charge < -0.3 is 14.4 Å². The van der Waals surface area contributed by atoms with Crippen molar-refractivity contribution in [3.05, 3.63) is 17.8 Å². The molecule has 2 rings (SSSR count). The minimum atomic E-state index is -0.484. The minimum Gasteiger partial charge on any atom is -0.474 e. The average Bonchev–Trinajstić information content (AvgIpc) is 2.45. The van der Waals surface area contributed by atoms with Gasteiger partial charge in [-0.3, -0.25) is 0 Å². The lowest BCUT2D eigenvalue weighted by atomic mass is 10.0. The lowest BCUT2D eigenvalue weighted by molar-refractivity contribution is 0.00330. The predicted octanol–water partition coefficient (Wildman–Crippen LogP) is 2.95. The van der Waals surface area contributed by atoms with Crippen molar-refractivity contribution >= 4 is 6.09 Å². The molecule has 0 aliphatic carbocycles. The highest BCUT2D eigenvalue weighted by molar-refractivity contribution is 5.68. The Hall–Kier alpha value is -1.85. The maximum atomic E-state index is 12.3. The van der Waals surface area contributed by atoms with Gasteiger partial charge in [0, 0.05) is 12.6 Å². The van der Waals surface area contributed by atoms with Crippen LogP contribution < -0.4 is 4.74 Å². The van der Waals surface area contributed by atoms with Crippen LogP contribution in [-0.2, 0) is 4.74 Å². The summed E-state index contributed by atoms with van der Waals surface area (Å²) in [4.78, 5) is 14.1. The minimum absolute atomic E-state index is 0.0201. The topological polar surface area (TPSA) is 64.5 Å². The molecule has 0 spiro atoms. The van der Waals surface area contributed by atoms with Gasteiger partial charge >= 0.3 is 6.09 Å². The number of hydrogen-bond donors (Lipinski definition) is 0. The maximum absolute atomic E-state index is 12.3. The molecule has 0 N–H and O–H groups in total. The summed E-state index contributed by atoms with van der Waals surface area (Å²) in [5, 5.41) is 7.95. The largest absolute Gasteiger partial charge is 0.474 e. The quantitative estimate of drug-likeness (QED) is 0.859. The van der Waals surface area contributed by atoms with Gasteiger partial charge in [0.15, 0.2) is 0 Å². The van der Waals surface area contributed by atoms with Crippen LogP contribution in [0.5, 0.6) is 5.88 Å². The van der Waals surface area contributed by atoms with Crippen LogP contribution in [0.15, 0.2) is 12.1 Å². The van der Waals surface area contributed by atoms with Crippen LogP contribution in [0, 0.1) is 6.92 Å². The van der Waals surface area contributed by atoms with Crippen LogP contribution in [0.25, 0.3) is 0 Å². The van der Waals surface area contributed by atoms with E-state index in [0.29, 0.717) is 19.0 Å². The zero-order valence-corrected chi connectivity index (χ0v) is 13.8. The van der Waals surface area contributed by atoms with E-state index in [1.807, 2.05) is 33.8 Å². The van der Waals surface area contributed by atoms with Crippen LogP contribution in [0.3, 0.4) is 0 Å². The van der Waals surface area contributed by atoms with Gasteiger partial charge in [-0.25, -0.2) is 4.79 Å². The molecular formula is C16H25N3O3. The normalized spacial score (nSPS) is 18.9. The van der Waals surface area contributed by atoms with E-state index in [1.165, 1.54) is 0 Å². The van der Waals surface area contributed by atoms with Gasteiger partial charge in [0.2, 0.25) is 5.88 Å². The van der Waals surface area contributed by atoms with Gasteiger partial charge in [-0.15, -0.1) is 5.10 Å². The number of rotatable bonds is 3. The SMILES string of the molecule is Cc1ccc(OC[C@@H]2CCCCN2C(=O)OC(C)(C)C)nn1. The second-order valence-electron chi connectivity index (χ2n) is 6.65. The molecule has 6 heteroatoms. The monoisotopic (exact) mass is 307 g/mol. The third-order valence-corrected chi connectivity index (χ3v) is 3.45. The van der Waals surface area contributed by atoms with Crippen LogP contribution in [0.4, 0.5) is 4.79 Å². The molecule has 0 unspecified atom stereocenters. The summed E-state index contributed by atoms with van der Waals surface area (Å²) in [5.74, 6) is 0.486. The van der Waals surface area contributed by atoms with Gasteiger partial charge in [-0.1, -0.05) is 0 Å². The first-order valence-electron chi connectivity index (χ1n) is 7.78. The van der Waals surface area contributed by atoms with Crippen LogP contribution in [0.1, 0.15) is 45.7 Å². The van der Waals surface area contributed by atoms with E-state index in [1.54, 1.807) is 11.0 Å². The molecule has 2 heterocycles. The molecule has 1 amide bonds. The Morgan fingerprint density at radius 3 is 2.73 bits per heavy atom. The fraction of sp³-hybridized carbons (Fsp3) is 0.688. The number of hydrogen-bond acceptors (Lipinski definition) is 5. The Kier molecular flexibility index (Phi) is 5.21. The summed E-state index contributed by atoms with van der Waals surface area (Å²) >= 11 is 0. The van der Waals surface area contributed by atoms with Crippen LogP contribution >= 0.6 is 0 Å². The van der Waals surface area contributed by atoms with Crippen molar-refractivity contribution < 1.29 is 14.3 Å². The number of aryl methyl sites for hydroxylation is 1. The Labute approximate surface area is 131 Å². The molecule has 22 heavy (non-hydrogen) atoms. The van der Waals surface area contributed by atoms with Crippen molar-refractivity contribution in [3.63, 3.8) is 0 Å². The highest BCUT2D eigenvalue weighted by Crippen LogP contribution is 2.21. The van der Waals surface area contributed by atoms with E-state index >= 15 is 0 Å². The number of amides is 1. The summed E-state index contributed by atoms with van der Waals surface area (Å²) in [5.41, 5.74) is 0.364. The fourth-order valence-corrected chi connectivity index (χ4v) is 2.38. The van der Waals surface area contributed by atoms with E-state index in [-0.39, 0.29) is 12.1 Å². The smallest absolute Gasteiger partial charge is 0.410 e. The second kappa shape index (κ2) is 6.94. The van der Waals surface area contributed by atoms with Crippen LogP contribution in [-0.4, -0.2) is 46.0 Å². The Morgan fingerprint density at radius 2 is 2.09 bits per heavy atom. The molecule has 1 saturated heterocycles. The number of piperidine rings is 1. The lowest BCUT2D eigenvalue weighted by Gasteiger charge is -2.36. The molecule has 1 fully saturated rings. The summed E-state index contributed by atoms with van der Waals surface area (Å²) in [7, 11) is 0. The number of likely N-dealkylation sites (tertiary alicyclic amines) is 1. The van der Waals surface area contributed by atoms with E-state index in [2.05, 4.69) is 10.2 Å². The molecule has 6 nitrogen and oxygen atoms in total. The van der Waals surface area contributed by atoms with E-state index in [4.69, 9.17) is 9.47 Å². The van der Waals surface area contributed by atoms with Gasteiger partial charge in [-0.2, -0.15) is 5.10 Å². The van der Waals surface area contributed by atoms with E-state index < -0.39 is 5.60 Å². The van der Waals surface area contributed by atoms with Gasteiger partial charge in [0.25, 0.3) is 0 Å². The maximum Gasteiger partial charge on any atom is 0.410 e. The number of carbonyl (C=O) groups is 1. The molecule has 0 aromatic carbocycles. The van der Waals surface area contributed by atoms with E-state index in [9.17, 15) is 4.79 Å². The molecule has 0 radical (unpaired) electrons. The number of nitrogens with zero attached hydrogens (tertiary/aromatic N) is 3. The van der Waals surface area contributed by atoms with Crippen molar-refractivity contribution in [1.82, 2.24) is 15.1 Å². The third kappa shape index (κ3) is 4.86. The molecule has 1 aliphatic rings. The van der Waals surface area contributed by atoms with E-state index in [0.717, 1.165) is 25.0 Å². The van der Waals surface area contributed by atoms with Gasteiger partial charge in [0.1, 0.15) is 12.2 Å². The molecular weight excluding hydrogens is 282 g/mol. The van der Waals surface area contributed by atoms with Crippen molar-refractivity contribution in [1.29, 1.82) is 0 Å². The molecule has 122 valence electrons. The molecule has 1 aromatic rings. The standard InChI is InChI=1S/C16H25N3O3/c1-12-8-9-14(18-17-12)21-11-13-7-5-6-10-19(13)15(20)22-16(2,3)4/h8-9,13H,5-7,10-11H2,1-4H3/t13-/m0/s1. The highest BCUT2D eigenvalue weighted by atomic mass is 16.6. The fourth-order valence-electron chi connectivity index (χ4n) is 2.38. The van der Waals surface area contributed by atoms with Crippen molar-refractivity contribution in [2.45, 2.75) is 58.6 Å². The average molecular weight is 307 g/mol. The zero-order chi connectivity index (χ0) is 16.2. The van der Waals surface area contributed by atoms with Gasteiger partial charge in [-0.05, 0) is 53.0 Å². The summed E-state index contributed by atoms with van der Waals surface area (Å²) < 4.78 is 11.2. The van der Waals surface area contributed by atoms with Crippen LogP contribution in [0.2, 0.25) is 0 Å². The zero-order valence-electron chi connectivity index (χ0n) is 13.8. The first kappa shape index (κ1) is 16.5. The molecule has 1 atom stereocenters. The molecule has 0 bridgehead atoms. The van der Waals surface area contributed by atoms with Crippen molar-refractivity contribution in [2.24, 2.45) is 0 Å². The van der Waals surface area contributed by atoms with Gasteiger partial charge in [0.05, 0.1) is 11.7 Å². The summed E-state index contributed by atoms with van der Waals surface area (Å²) in [6.07, 6.45) is 2.74. The highest BCUT2D eigenvalue weighted by Gasteiger charge is 2.30. The van der Waals surface area contributed by atoms with Crippen molar-refractivity contribution in [2.75, 3.05) is 13.2 Å². The molecule has 1 aliphatic heterocycles. The van der Waals surface area contributed by atoms with Crippen molar-refractivity contribution in [3.8, 4) is 5.88 Å². The predicted molar refractivity (Wildman–Crippen MR) is 82.8 cm³/mol. The third-order valence-electron chi connectivity index (χ3n) is 3.45. The summed E-state index contributed by atoms with van der Waals surface area (Å²) in [6.45, 7) is 8.63. The first-order chi connectivity index (χ1) is 10.3. The Bertz CT molecular complexity index is 496. The summed E-state index contributed by atoms with van der Waals surface area (Å²) in [6, 6.07) is 3.67. The number of aromatic nitrogens is 2. The Balaban J connectivity index is 1.94. The lowest BCUT2D eigenvalue weighted by Crippen LogP contribution is -2.48. The number of ether oxygens (including phenoxy) is 2. The molecule has 0 saturated carbocycles. The Morgan fingerprint density at radius 1 is 1.32 bits per heavy atom. The second-order valence-corrected chi connectivity index (χ2v) is 6.65. The number of carbonyl (C=O) groups excluding carboxylic acids is 1.